The van der Waals surface area contributed by atoms with Crippen molar-refractivity contribution in [2.45, 2.75) is 6.10 Å². The quantitative estimate of drug-likeness (QED) is 0.875. The Kier molecular flexibility index (Phi) is 3.39. The second-order valence-corrected chi connectivity index (χ2v) is 3.87. The van der Waals surface area contributed by atoms with Crippen LogP contribution in [0.4, 0.5) is 4.39 Å². The van der Waals surface area contributed by atoms with Gasteiger partial charge >= 0.3 is 5.97 Å². The number of hydrogen-bond donors (Lipinski definition) is 2. The molecule has 0 unspecified atom stereocenters. The molecule has 92 valence electrons. The van der Waals surface area contributed by atoms with Gasteiger partial charge in [0.25, 0.3) is 0 Å². The van der Waals surface area contributed by atoms with Crippen molar-refractivity contribution in [2.75, 3.05) is 0 Å². The summed E-state index contributed by atoms with van der Waals surface area (Å²) in [5, 5.41) is 18.0. The Morgan fingerprint density at radius 2 is 1.39 bits per heavy atom. The zero-order chi connectivity index (χ0) is 13.1. The van der Waals surface area contributed by atoms with Gasteiger partial charge in [0, 0.05) is 0 Å². The second-order valence-electron chi connectivity index (χ2n) is 3.87. The summed E-state index contributed by atoms with van der Waals surface area (Å²) >= 11 is 0. The van der Waals surface area contributed by atoms with Gasteiger partial charge in [-0.15, -0.1) is 0 Å². The molecule has 0 aromatic heterocycles. The van der Waals surface area contributed by atoms with Gasteiger partial charge < -0.3 is 10.2 Å². The fourth-order valence-electron chi connectivity index (χ4n) is 1.64. The van der Waals surface area contributed by atoms with Gasteiger partial charge in [0.15, 0.2) is 6.10 Å². The summed E-state index contributed by atoms with van der Waals surface area (Å²) < 4.78 is 12.8. The van der Waals surface area contributed by atoms with Gasteiger partial charge in [0.05, 0.1) is 0 Å². The molecule has 0 amide bonds. The minimum absolute atomic E-state index is 0.309. The van der Waals surface area contributed by atoms with E-state index in [1.165, 1.54) is 24.3 Å². The monoisotopic (exact) mass is 246 g/mol. The Morgan fingerprint density at radius 1 is 0.944 bits per heavy atom. The first-order chi connectivity index (χ1) is 8.58. The summed E-state index contributed by atoms with van der Waals surface area (Å²) in [5.41, 5.74) is 1.97. The number of carboxylic acid groups (broad SMARTS) is 1. The lowest BCUT2D eigenvalue weighted by atomic mass is 10.0. The van der Waals surface area contributed by atoms with Crippen LogP contribution in [-0.4, -0.2) is 16.2 Å². The number of carboxylic acids is 1. The lowest BCUT2D eigenvalue weighted by Gasteiger charge is -2.07. The minimum atomic E-state index is -1.52. The average Bonchev–Trinajstić information content (AvgIpc) is 2.39. The molecule has 0 bridgehead atoms. The molecule has 0 spiro atoms. The second kappa shape index (κ2) is 4.98. The zero-order valence-electron chi connectivity index (χ0n) is 9.38. The number of hydrogen-bond acceptors (Lipinski definition) is 2. The molecule has 0 heterocycles. The predicted octanol–water partition coefficient (Wildman–Crippen LogP) is 2.61. The van der Waals surface area contributed by atoms with Crippen LogP contribution in [0.25, 0.3) is 11.1 Å². The number of aliphatic hydroxyl groups excluding tert-OH is 1. The fraction of sp³-hybridized carbons (Fsp3) is 0.0714. The van der Waals surface area contributed by atoms with Crippen LogP contribution < -0.4 is 0 Å². The van der Waals surface area contributed by atoms with Crippen molar-refractivity contribution >= 4 is 5.97 Å². The van der Waals surface area contributed by atoms with Crippen molar-refractivity contribution in [1.82, 2.24) is 0 Å². The summed E-state index contributed by atoms with van der Waals surface area (Å²) in [6.45, 7) is 0. The van der Waals surface area contributed by atoms with Crippen molar-refractivity contribution in [2.24, 2.45) is 0 Å². The topological polar surface area (TPSA) is 57.5 Å². The molecule has 0 aliphatic carbocycles. The van der Waals surface area contributed by atoms with E-state index in [9.17, 15) is 14.3 Å². The van der Waals surface area contributed by atoms with E-state index in [4.69, 9.17) is 5.11 Å². The Morgan fingerprint density at radius 3 is 1.83 bits per heavy atom. The Balaban J connectivity index is 2.27. The van der Waals surface area contributed by atoms with Crippen LogP contribution in [-0.2, 0) is 4.79 Å². The van der Waals surface area contributed by atoms with Crippen molar-refractivity contribution < 1.29 is 19.4 Å². The maximum Gasteiger partial charge on any atom is 0.337 e. The van der Waals surface area contributed by atoms with E-state index in [1.807, 2.05) is 0 Å². The summed E-state index contributed by atoms with van der Waals surface area (Å²) in [6, 6.07) is 12.4. The van der Waals surface area contributed by atoms with Crippen LogP contribution in [0.2, 0.25) is 0 Å². The van der Waals surface area contributed by atoms with E-state index < -0.39 is 12.1 Å². The van der Waals surface area contributed by atoms with Crippen LogP contribution in [0, 0.1) is 5.82 Å². The third kappa shape index (κ3) is 2.55. The SMILES string of the molecule is O=C(O)[C@@H](O)c1ccc(-c2ccc(F)cc2)cc1. The normalized spacial score (nSPS) is 12.1. The predicted molar refractivity (Wildman–Crippen MR) is 64.4 cm³/mol. The first kappa shape index (κ1) is 12.3. The molecular formula is C14H11FO3. The summed E-state index contributed by atoms with van der Waals surface area (Å²) in [6.07, 6.45) is -1.52. The third-order valence-electron chi connectivity index (χ3n) is 2.64. The number of halogens is 1. The largest absolute Gasteiger partial charge is 0.479 e. The highest BCUT2D eigenvalue weighted by Crippen LogP contribution is 2.22. The molecule has 0 fully saturated rings. The van der Waals surface area contributed by atoms with Crippen LogP contribution in [0.3, 0.4) is 0 Å². The van der Waals surface area contributed by atoms with Crippen LogP contribution in [0.15, 0.2) is 48.5 Å². The summed E-state index contributed by atoms with van der Waals surface area (Å²) in [7, 11) is 0. The number of benzene rings is 2. The molecule has 2 aromatic carbocycles. The van der Waals surface area contributed by atoms with Gasteiger partial charge in [-0.05, 0) is 28.8 Å². The van der Waals surface area contributed by atoms with Gasteiger partial charge in [-0.25, -0.2) is 9.18 Å². The molecule has 2 rings (SSSR count). The number of aliphatic hydroxyl groups is 1. The number of rotatable bonds is 3. The number of carbonyl (C=O) groups is 1. The number of aliphatic carboxylic acids is 1. The van der Waals surface area contributed by atoms with Gasteiger partial charge in [0.1, 0.15) is 5.82 Å². The van der Waals surface area contributed by atoms with Gasteiger partial charge in [-0.2, -0.15) is 0 Å². The maximum atomic E-state index is 12.8. The molecule has 3 nitrogen and oxygen atoms in total. The van der Waals surface area contributed by atoms with E-state index in [0.717, 1.165) is 11.1 Å². The van der Waals surface area contributed by atoms with E-state index in [1.54, 1.807) is 24.3 Å². The Hall–Kier alpha value is -2.20. The van der Waals surface area contributed by atoms with Gasteiger partial charge in [-0.1, -0.05) is 36.4 Å². The van der Waals surface area contributed by atoms with Crippen molar-refractivity contribution in [1.29, 1.82) is 0 Å². The van der Waals surface area contributed by atoms with Crippen LogP contribution >= 0.6 is 0 Å². The van der Waals surface area contributed by atoms with E-state index >= 15 is 0 Å². The summed E-state index contributed by atoms with van der Waals surface area (Å²) in [4.78, 5) is 10.6. The Bertz CT molecular complexity index is 546. The summed E-state index contributed by atoms with van der Waals surface area (Å²) in [5.74, 6) is -1.60. The molecule has 18 heavy (non-hydrogen) atoms. The van der Waals surface area contributed by atoms with E-state index in [2.05, 4.69) is 0 Å². The highest BCUT2D eigenvalue weighted by molar-refractivity contribution is 5.74. The zero-order valence-corrected chi connectivity index (χ0v) is 9.38. The molecule has 2 N–H and O–H groups in total. The highest BCUT2D eigenvalue weighted by atomic mass is 19.1. The fourth-order valence-corrected chi connectivity index (χ4v) is 1.64. The third-order valence-corrected chi connectivity index (χ3v) is 2.64. The van der Waals surface area contributed by atoms with Crippen molar-refractivity contribution in [3.8, 4) is 11.1 Å². The lowest BCUT2D eigenvalue weighted by molar-refractivity contribution is -0.146. The highest BCUT2D eigenvalue weighted by Gasteiger charge is 2.15. The van der Waals surface area contributed by atoms with Crippen LogP contribution in [0.5, 0.6) is 0 Å². The van der Waals surface area contributed by atoms with E-state index in [-0.39, 0.29) is 5.82 Å². The average molecular weight is 246 g/mol. The Labute approximate surface area is 103 Å². The lowest BCUT2D eigenvalue weighted by Crippen LogP contribution is -2.09. The maximum absolute atomic E-state index is 12.8. The molecular weight excluding hydrogens is 235 g/mol. The van der Waals surface area contributed by atoms with Crippen molar-refractivity contribution in [3.63, 3.8) is 0 Å². The first-order valence-electron chi connectivity index (χ1n) is 5.34. The minimum Gasteiger partial charge on any atom is -0.479 e. The molecule has 0 saturated heterocycles. The molecule has 0 aliphatic rings. The van der Waals surface area contributed by atoms with E-state index in [0.29, 0.717) is 5.56 Å². The first-order valence-corrected chi connectivity index (χ1v) is 5.34. The molecule has 1 atom stereocenters. The molecule has 0 saturated carbocycles. The molecule has 0 radical (unpaired) electrons. The smallest absolute Gasteiger partial charge is 0.337 e. The molecule has 4 heteroatoms. The van der Waals surface area contributed by atoms with Gasteiger partial charge in [-0.3, -0.25) is 0 Å². The molecule has 0 aliphatic heterocycles. The van der Waals surface area contributed by atoms with Gasteiger partial charge in [0.2, 0.25) is 0 Å². The van der Waals surface area contributed by atoms with Crippen molar-refractivity contribution in [3.05, 3.63) is 59.9 Å². The molecule has 2 aromatic rings. The van der Waals surface area contributed by atoms with Crippen LogP contribution in [0.1, 0.15) is 11.7 Å². The standard InChI is InChI=1S/C14H11FO3/c15-12-7-5-10(6-8-12)9-1-3-11(4-2-9)13(16)14(17)18/h1-8,13,16H,(H,17,18)/t13-/m0/s1.